The van der Waals surface area contributed by atoms with Gasteiger partial charge in [-0.3, -0.25) is 0 Å². The molecule has 1 rings (SSSR count). The zero-order chi connectivity index (χ0) is 13.0. The highest BCUT2D eigenvalue weighted by atomic mass is 16.5. The maximum Gasteiger partial charge on any atom is 0.330 e. The van der Waals surface area contributed by atoms with Crippen molar-refractivity contribution in [1.82, 2.24) is 0 Å². The summed E-state index contributed by atoms with van der Waals surface area (Å²) >= 11 is 0. The van der Waals surface area contributed by atoms with Gasteiger partial charge in [0.2, 0.25) is 0 Å². The molecule has 0 saturated carbocycles. The SMILES string of the molecule is COC(=O)C=Cc1cc(O)c(C(C)C)c(O)c1. The van der Waals surface area contributed by atoms with Crippen molar-refractivity contribution in [3.63, 3.8) is 0 Å². The third-order valence-electron chi connectivity index (χ3n) is 2.35. The topological polar surface area (TPSA) is 66.8 Å². The largest absolute Gasteiger partial charge is 0.507 e. The van der Waals surface area contributed by atoms with Crippen molar-refractivity contribution in [2.75, 3.05) is 7.11 Å². The first-order valence-electron chi connectivity index (χ1n) is 5.27. The van der Waals surface area contributed by atoms with Crippen LogP contribution in [0.3, 0.4) is 0 Å². The fraction of sp³-hybridized carbons (Fsp3) is 0.308. The third-order valence-corrected chi connectivity index (χ3v) is 2.35. The molecular weight excluding hydrogens is 220 g/mol. The lowest BCUT2D eigenvalue weighted by Crippen LogP contribution is -1.94. The summed E-state index contributed by atoms with van der Waals surface area (Å²) in [4.78, 5) is 10.9. The highest BCUT2D eigenvalue weighted by Gasteiger charge is 2.12. The summed E-state index contributed by atoms with van der Waals surface area (Å²) < 4.78 is 4.44. The lowest BCUT2D eigenvalue weighted by atomic mass is 9.99. The number of esters is 1. The molecule has 0 amide bonds. The fourth-order valence-corrected chi connectivity index (χ4v) is 1.56. The Bertz CT molecular complexity index is 424. The molecule has 17 heavy (non-hydrogen) atoms. The molecule has 0 aliphatic carbocycles. The van der Waals surface area contributed by atoms with E-state index in [2.05, 4.69) is 4.74 Å². The summed E-state index contributed by atoms with van der Waals surface area (Å²) in [5, 5.41) is 19.5. The Balaban J connectivity index is 3.06. The Morgan fingerprint density at radius 2 is 1.82 bits per heavy atom. The molecule has 0 bridgehead atoms. The van der Waals surface area contributed by atoms with E-state index in [9.17, 15) is 15.0 Å². The van der Waals surface area contributed by atoms with Crippen LogP contribution in [0.15, 0.2) is 18.2 Å². The van der Waals surface area contributed by atoms with Crippen LogP contribution in [0.4, 0.5) is 0 Å². The summed E-state index contributed by atoms with van der Waals surface area (Å²) in [6.45, 7) is 3.75. The van der Waals surface area contributed by atoms with E-state index in [1.54, 1.807) is 0 Å². The molecule has 0 spiro atoms. The van der Waals surface area contributed by atoms with Crippen LogP contribution >= 0.6 is 0 Å². The first-order valence-corrected chi connectivity index (χ1v) is 5.27. The highest BCUT2D eigenvalue weighted by Crippen LogP contribution is 2.35. The number of benzene rings is 1. The summed E-state index contributed by atoms with van der Waals surface area (Å²) in [5.41, 5.74) is 1.04. The second kappa shape index (κ2) is 5.39. The molecule has 92 valence electrons. The smallest absolute Gasteiger partial charge is 0.330 e. The van der Waals surface area contributed by atoms with Crippen LogP contribution < -0.4 is 0 Å². The predicted octanol–water partition coefficient (Wildman–Crippen LogP) is 2.41. The van der Waals surface area contributed by atoms with Gasteiger partial charge in [0, 0.05) is 11.6 Å². The fourth-order valence-electron chi connectivity index (χ4n) is 1.56. The first-order chi connectivity index (χ1) is 7.95. The summed E-state index contributed by atoms with van der Waals surface area (Å²) in [7, 11) is 1.28. The van der Waals surface area contributed by atoms with Gasteiger partial charge in [-0.15, -0.1) is 0 Å². The standard InChI is InChI=1S/C13H16O4/c1-8(2)13-10(14)6-9(7-11(13)15)4-5-12(16)17-3/h4-8,14-15H,1-3H3. The number of carbonyl (C=O) groups excluding carboxylic acids is 1. The van der Waals surface area contributed by atoms with Crippen molar-refractivity contribution in [3.8, 4) is 11.5 Å². The monoisotopic (exact) mass is 236 g/mol. The quantitative estimate of drug-likeness (QED) is 0.624. The molecule has 0 atom stereocenters. The van der Waals surface area contributed by atoms with E-state index in [1.165, 1.54) is 31.4 Å². The Morgan fingerprint density at radius 3 is 2.24 bits per heavy atom. The molecule has 0 saturated heterocycles. The van der Waals surface area contributed by atoms with Gasteiger partial charge in [-0.1, -0.05) is 13.8 Å². The number of aromatic hydroxyl groups is 2. The normalized spacial score (nSPS) is 11.1. The zero-order valence-corrected chi connectivity index (χ0v) is 10.1. The lowest BCUT2D eigenvalue weighted by Gasteiger charge is -2.11. The molecule has 0 aliphatic heterocycles. The average molecular weight is 236 g/mol. The number of rotatable bonds is 3. The van der Waals surface area contributed by atoms with Crippen LogP contribution in [0, 0.1) is 0 Å². The highest BCUT2D eigenvalue weighted by molar-refractivity contribution is 5.87. The van der Waals surface area contributed by atoms with Crippen LogP contribution in [-0.4, -0.2) is 23.3 Å². The molecule has 4 heteroatoms. The van der Waals surface area contributed by atoms with Crippen LogP contribution in [-0.2, 0) is 9.53 Å². The Hall–Kier alpha value is -1.97. The van der Waals surface area contributed by atoms with Gasteiger partial charge in [-0.05, 0) is 29.7 Å². The van der Waals surface area contributed by atoms with Crippen LogP contribution in [0.2, 0.25) is 0 Å². The van der Waals surface area contributed by atoms with E-state index in [1.807, 2.05) is 13.8 Å². The molecule has 0 heterocycles. The van der Waals surface area contributed by atoms with Gasteiger partial charge in [0.1, 0.15) is 11.5 Å². The van der Waals surface area contributed by atoms with Crippen molar-refractivity contribution in [3.05, 3.63) is 29.3 Å². The van der Waals surface area contributed by atoms with Crippen LogP contribution in [0.1, 0.15) is 30.9 Å². The first kappa shape index (κ1) is 13.1. The maximum absolute atomic E-state index is 10.9. The number of phenols is 2. The average Bonchev–Trinajstić information content (AvgIpc) is 2.24. The number of carbonyl (C=O) groups is 1. The third kappa shape index (κ3) is 3.24. The minimum Gasteiger partial charge on any atom is -0.507 e. The number of methoxy groups -OCH3 is 1. The Kier molecular flexibility index (Phi) is 4.15. The van der Waals surface area contributed by atoms with Crippen molar-refractivity contribution >= 4 is 12.0 Å². The minimum atomic E-state index is -0.489. The van der Waals surface area contributed by atoms with Crippen molar-refractivity contribution in [2.24, 2.45) is 0 Å². The minimum absolute atomic E-state index is 0.0181. The van der Waals surface area contributed by atoms with Crippen LogP contribution in [0.5, 0.6) is 11.5 Å². The number of hydrogen-bond acceptors (Lipinski definition) is 4. The Labute approximate surface area is 100 Å². The van der Waals surface area contributed by atoms with Crippen molar-refractivity contribution < 1.29 is 19.7 Å². The van der Waals surface area contributed by atoms with Gasteiger partial charge >= 0.3 is 5.97 Å². The van der Waals surface area contributed by atoms with Crippen LogP contribution in [0.25, 0.3) is 6.08 Å². The predicted molar refractivity (Wildman–Crippen MR) is 64.9 cm³/mol. The van der Waals surface area contributed by atoms with Gasteiger partial charge in [0.25, 0.3) is 0 Å². The van der Waals surface area contributed by atoms with Gasteiger partial charge in [0.05, 0.1) is 7.11 Å². The molecule has 4 nitrogen and oxygen atoms in total. The summed E-state index contributed by atoms with van der Waals surface area (Å²) in [6.07, 6.45) is 2.69. The molecule has 2 N–H and O–H groups in total. The molecule has 0 unspecified atom stereocenters. The second-order valence-corrected chi connectivity index (χ2v) is 3.98. The molecule has 0 fully saturated rings. The van der Waals surface area contributed by atoms with E-state index in [4.69, 9.17) is 0 Å². The number of phenolic OH excluding ortho intramolecular Hbond substituents is 2. The Morgan fingerprint density at radius 1 is 1.29 bits per heavy atom. The molecule has 0 aromatic heterocycles. The summed E-state index contributed by atoms with van der Waals surface area (Å²) in [5.74, 6) is -0.431. The van der Waals surface area contributed by atoms with E-state index in [0.717, 1.165) is 0 Å². The van der Waals surface area contributed by atoms with E-state index in [-0.39, 0.29) is 17.4 Å². The number of hydrogen-bond donors (Lipinski definition) is 2. The van der Waals surface area contributed by atoms with Gasteiger partial charge in [-0.25, -0.2) is 4.79 Å². The molecule has 1 aromatic rings. The zero-order valence-electron chi connectivity index (χ0n) is 10.1. The molecule has 0 aliphatic rings. The molecular formula is C13H16O4. The van der Waals surface area contributed by atoms with E-state index in [0.29, 0.717) is 11.1 Å². The van der Waals surface area contributed by atoms with E-state index < -0.39 is 5.97 Å². The van der Waals surface area contributed by atoms with Gasteiger partial charge < -0.3 is 14.9 Å². The maximum atomic E-state index is 10.9. The lowest BCUT2D eigenvalue weighted by molar-refractivity contribution is -0.134. The van der Waals surface area contributed by atoms with Crippen molar-refractivity contribution in [1.29, 1.82) is 0 Å². The van der Waals surface area contributed by atoms with Gasteiger partial charge in [-0.2, -0.15) is 0 Å². The molecule has 0 radical (unpaired) electrons. The number of ether oxygens (including phenoxy) is 1. The summed E-state index contributed by atoms with van der Waals surface area (Å²) in [6, 6.07) is 2.99. The molecule has 1 aromatic carbocycles. The van der Waals surface area contributed by atoms with Crippen molar-refractivity contribution in [2.45, 2.75) is 19.8 Å². The second-order valence-electron chi connectivity index (χ2n) is 3.98. The van der Waals surface area contributed by atoms with Gasteiger partial charge in [0.15, 0.2) is 0 Å². The van der Waals surface area contributed by atoms with E-state index >= 15 is 0 Å².